The summed E-state index contributed by atoms with van der Waals surface area (Å²) in [5, 5.41) is 2.17. The van der Waals surface area contributed by atoms with Gasteiger partial charge in [0, 0.05) is 34.0 Å². The first-order valence-electron chi connectivity index (χ1n) is 11.8. The highest BCUT2D eigenvalue weighted by Crippen LogP contribution is 2.37. The number of hydrogen-bond donors (Lipinski definition) is 2. The summed E-state index contributed by atoms with van der Waals surface area (Å²) < 4.78 is 56.7. The number of aryl methyl sites for hydroxylation is 1. The number of aromatic amines is 1. The van der Waals surface area contributed by atoms with Crippen LogP contribution in [0.1, 0.15) is 34.5 Å². The monoisotopic (exact) mass is 539 g/mol. The first-order chi connectivity index (χ1) is 18.1. The largest absolute Gasteiger partial charge is 0.333 e. The highest BCUT2D eigenvalue weighted by atomic mass is 32.2. The molecule has 2 aromatic carbocycles. The van der Waals surface area contributed by atoms with Crippen LogP contribution in [0.2, 0.25) is 0 Å². The van der Waals surface area contributed by atoms with E-state index in [4.69, 9.17) is 0 Å². The van der Waals surface area contributed by atoms with Crippen LogP contribution < -0.4 is 10.9 Å². The predicted octanol–water partition coefficient (Wildman–Crippen LogP) is 3.96. The van der Waals surface area contributed by atoms with Crippen molar-refractivity contribution in [1.82, 2.24) is 9.55 Å². The fourth-order valence-electron chi connectivity index (χ4n) is 4.64. The molecule has 8 nitrogen and oxygen atoms in total. The molecule has 5 rings (SSSR count). The molecule has 2 heterocycles. The Kier molecular flexibility index (Phi) is 6.47. The number of nitrogens with one attached hydrogen (secondary N) is 2. The van der Waals surface area contributed by atoms with Gasteiger partial charge in [0.15, 0.2) is 15.6 Å². The Balaban J connectivity index is 1.81. The molecule has 1 amide bonds. The second-order valence-electron chi connectivity index (χ2n) is 9.34. The molecule has 1 saturated carbocycles. The standard InChI is InChI=1S/C27H23F2N3O5S/c1-15-9-20-23(11-22(15)29)32(12-16-10-17(31-14-33)4-7-21(16)28)26(24(34)13-38(36,37)18-5-6-18)25(20)19-3-2-8-30-27(19)35/h2-4,7-11,14,18H,5-6,12-13H2,1H3,(H,30,35)(H,31,33). The maximum Gasteiger partial charge on any atom is 0.255 e. The second kappa shape index (κ2) is 9.64. The quantitative estimate of drug-likeness (QED) is 0.247. The molecule has 2 aromatic heterocycles. The molecule has 0 spiro atoms. The second-order valence-corrected chi connectivity index (χ2v) is 11.6. The molecule has 4 aromatic rings. The molecule has 0 radical (unpaired) electrons. The SMILES string of the molecule is Cc1cc2c(-c3ccc[nH]c3=O)c(C(=O)CS(=O)(=O)C3CC3)n(Cc3cc(NC=O)ccc3F)c2cc1F. The third-order valence-electron chi connectivity index (χ3n) is 6.66. The van der Waals surface area contributed by atoms with E-state index >= 15 is 0 Å². The van der Waals surface area contributed by atoms with Gasteiger partial charge in [-0.05, 0) is 67.8 Å². The maximum absolute atomic E-state index is 14.9. The van der Waals surface area contributed by atoms with E-state index in [2.05, 4.69) is 10.3 Å². The molecule has 1 aliphatic rings. The van der Waals surface area contributed by atoms with E-state index in [0.717, 1.165) is 6.07 Å². The summed E-state index contributed by atoms with van der Waals surface area (Å²) in [7, 11) is -3.75. The van der Waals surface area contributed by atoms with Gasteiger partial charge in [-0.2, -0.15) is 0 Å². The average molecular weight is 540 g/mol. The predicted molar refractivity (Wildman–Crippen MR) is 139 cm³/mol. The number of hydrogen-bond acceptors (Lipinski definition) is 5. The van der Waals surface area contributed by atoms with Crippen LogP contribution in [0.15, 0.2) is 53.5 Å². The van der Waals surface area contributed by atoms with Gasteiger partial charge in [-0.1, -0.05) is 0 Å². The summed E-state index contributed by atoms with van der Waals surface area (Å²) in [5.74, 6) is -2.83. The molecular formula is C27H23F2N3O5S. The Hall–Kier alpha value is -4.12. The molecule has 2 N–H and O–H groups in total. The Morgan fingerprint density at radius 1 is 1.16 bits per heavy atom. The number of fused-ring (bicyclic) bond motifs is 1. The van der Waals surface area contributed by atoms with Crippen molar-refractivity contribution in [2.75, 3.05) is 11.1 Å². The van der Waals surface area contributed by atoms with Crippen LogP contribution in [0.4, 0.5) is 14.5 Å². The van der Waals surface area contributed by atoms with Crippen LogP contribution >= 0.6 is 0 Å². The molecule has 0 atom stereocenters. The van der Waals surface area contributed by atoms with E-state index in [1.165, 1.54) is 48.0 Å². The van der Waals surface area contributed by atoms with Gasteiger partial charge in [0.05, 0.1) is 23.0 Å². The van der Waals surface area contributed by atoms with E-state index in [1.54, 1.807) is 6.07 Å². The summed E-state index contributed by atoms with van der Waals surface area (Å²) in [4.78, 5) is 40.1. The normalized spacial score (nSPS) is 13.6. The smallest absolute Gasteiger partial charge is 0.255 e. The van der Waals surface area contributed by atoms with Crippen molar-refractivity contribution in [3.05, 3.63) is 87.5 Å². The number of ketones is 1. The molecule has 1 aliphatic carbocycles. The number of halogens is 2. The van der Waals surface area contributed by atoms with Crippen molar-refractivity contribution < 1.29 is 26.8 Å². The summed E-state index contributed by atoms with van der Waals surface area (Å²) >= 11 is 0. The van der Waals surface area contributed by atoms with Crippen LogP contribution in [-0.2, 0) is 21.2 Å². The van der Waals surface area contributed by atoms with Crippen LogP contribution in [0.3, 0.4) is 0 Å². The third-order valence-corrected chi connectivity index (χ3v) is 8.81. The Bertz CT molecular complexity index is 1770. The van der Waals surface area contributed by atoms with Gasteiger partial charge in [0.25, 0.3) is 5.56 Å². The highest BCUT2D eigenvalue weighted by Gasteiger charge is 2.38. The minimum Gasteiger partial charge on any atom is -0.333 e. The van der Waals surface area contributed by atoms with Gasteiger partial charge in [0.1, 0.15) is 17.4 Å². The van der Waals surface area contributed by atoms with E-state index in [9.17, 15) is 31.6 Å². The lowest BCUT2D eigenvalue weighted by molar-refractivity contribution is -0.105. The number of benzene rings is 2. The van der Waals surface area contributed by atoms with Gasteiger partial charge >= 0.3 is 0 Å². The molecule has 0 bridgehead atoms. The maximum atomic E-state index is 14.9. The van der Waals surface area contributed by atoms with E-state index in [-0.39, 0.29) is 40.0 Å². The number of sulfone groups is 1. The minimum absolute atomic E-state index is 0.0577. The average Bonchev–Trinajstić information content (AvgIpc) is 3.68. The number of carbonyl (C=O) groups is 2. The summed E-state index contributed by atoms with van der Waals surface area (Å²) in [6.45, 7) is 1.23. The van der Waals surface area contributed by atoms with E-state index < -0.39 is 43.8 Å². The van der Waals surface area contributed by atoms with E-state index in [0.29, 0.717) is 30.3 Å². The van der Waals surface area contributed by atoms with Crippen molar-refractivity contribution in [2.24, 2.45) is 0 Å². The topological polar surface area (TPSA) is 118 Å². The lowest BCUT2D eigenvalue weighted by atomic mass is 10.0. The molecule has 11 heteroatoms. The Labute approximate surface area is 216 Å². The number of carbonyl (C=O) groups excluding carboxylic acids is 2. The third kappa shape index (κ3) is 4.65. The number of amides is 1. The first-order valence-corrected chi connectivity index (χ1v) is 13.6. The fourth-order valence-corrected chi connectivity index (χ4v) is 6.24. The van der Waals surface area contributed by atoms with Gasteiger partial charge in [-0.3, -0.25) is 14.4 Å². The molecule has 38 heavy (non-hydrogen) atoms. The van der Waals surface area contributed by atoms with Crippen molar-refractivity contribution in [3.63, 3.8) is 0 Å². The Morgan fingerprint density at radius 3 is 2.61 bits per heavy atom. The number of rotatable bonds is 9. The van der Waals surface area contributed by atoms with Crippen LogP contribution in [0.25, 0.3) is 22.0 Å². The first kappa shape index (κ1) is 25.5. The van der Waals surface area contributed by atoms with Gasteiger partial charge < -0.3 is 14.9 Å². The zero-order valence-corrected chi connectivity index (χ0v) is 21.1. The van der Waals surface area contributed by atoms with E-state index in [1.807, 2.05) is 0 Å². The fraction of sp³-hybridized carbons (Fsp3) is 0.222. The van der Waals surface area contributed by atoms with Crippen molar-refractivity contribution in [3.8, 4) is 11.1 Å². The zero-order valence-electron chi connectivity index (χ0n) is 20.3. The summed E-state index contributed by atoms with van der Waals surface area (Å²) in [5.41, 5.74) is 0.342. The minimum atomic E-state index is -3.75. The summed E-state index contributed by atoms with van der Waals surface area (Å²) in [6.07, 6.45) is 2.78. The number of nitrogens with zero attached hydrogens (tertiary/aromatic N) is 1. The van der Waals surface area contributed by atoms with Crippen molar-refractivity contribution >= 4 is 38.6 Å². The molecule has 1 fully saturated rings. The van der Waals surface area contributed by atoms with Crippen molar-refractivity contribution in [2.45, 2.75) is 31.6 Å². The molecule has 0 aliphatic heterocycles. The molecule has 196 valence electrons. The number of H-pyrrole nitrogens is 1. The van der Waals surface area contributed by atoms with Crippen LogP contribution in [0.5, 0.6) is 0 Å². The highest BCUT2D eigenvalue weighted by molar-refractivity contribution is 7.93. The molecular weight excluding hydrogens is 516 g/mol. The van der Waals surface area contributed by atoms with Crippen LogP contribution in [0, 0.1) is 18.6 Å². The van der Waals surface area contributed by atoms with Crippen molar-refractivity contribution in [1.29, 1.82) is 0 Å². The number of pyridine rings is 1. The zero-order chi connectivity index (χ0) is 27.2. The number of aromatic nitrogens is 2. The summed E-state index contributed by atoms with van der Waals surface area (Å²) in [6, 6.07) is 9.56. The van der Waals surface area contributed by atoms with Gasteiger partial charge in [-0.25, -0.2) is 17.2 Å². The number of Topliss-reactive ketones (excluding diaryl/α,β-unsaturated/α-hetero) is 1. The van der Waals surface area contributed by atoms with Gasteiger partial charge in [-0.15, -0.1) is 0 Å². The van der Waals surface area contributed by atoms with Crippen LogP contribution in [-0.4, -0.2) is 41.2 Å². The lowest BCUT2D eigenvalue weighted by Crippen LogP contribution is -2.23. The van der Waals surface area contributed by atoms with Gasteiger partial charge in [0.2, 0.25) is 6.41 Å². The molecule has 0 saturated heterocycles. The molecule has 0 unspecified atom stereocenters. The number of anilines is 1. The lowest BCUT2D eigenvalue weighted by Gasteiger charge is -2.14. The Morgan fingerprint density at radius 2 is 1.92 bits per heavy atom.